The van der Waals surface area contributed by atoms with Gasteiger partial charge in [0.25, 0.3) is 5.91 Å². The van der Waals surface area contributed by atoms with E-state index in [4.69, 9.17) is 11.6 Å². The van der Waals surface area contributed by atoms with Crippen molar-refractivity contribution >= 4 is 62.1 Å². The smallest absolute Gasteiger partial charge is 0.256 e. The van der Waals surface area contributed by atoms with Crippen molar-refractivity contribution in [1.82, 2.24) is 0 Å². The highest BCUT2D eigenvalue weighted by atomic mass is 79.9. The lowest BCUT2D eigenvalue weighted by Gasteiger charge is -1.97. The van der Waals surface area contributed by atoms with Crippen LogP contribution < -0.4 is 5.32 Å². The molecule has 0 bridgehead atoms. The van der Waals surface area contributed by atoms with Crippen molar-refractivity contribution in [2.75, 3.05) is 5.32 Å². The van der Waals surface area contributed by atoms with Crippen LogP contribution in [0.4, 0.5) is 5.69 Å². The Morgan fingerprint density at radius 1 is 1.28 bits per heavy atom. The molecule has 1 aromatic carbocycles. The largest absolute Gasteiger partial charge is 0.321 e. The van der Waals surface area contributed by atoms with Crippen LogP contribution in [0.3, 0.4) is 0 Å². The third-order valence-corrected chi connectivity index (χ3v) is 4.45. The maximum atomic E-state index is 11.9. The van der Waals surface area contributed by atoms with Gasteiger partial charge in [0.1, 0.15) is 0 Å². The summed E-state index contributed by atoms with van der Waals surface area (Å²) < 4.78 is 1.05. The Hall–Kier alpha value is -1.10. The van der Waals surface area contributed by atoms with Gasteiger partial charge in [-0.15, -0.1) is 11.3 Å². The van der Waals surface area contributed by atoms with E-state index in [2.05, 4.69) is 21.2 Å². The molecular formula is C13H7BrClNOS. The molecule has 0 saturated carbocycles. The van der Waals surface area contributed by atoms with Crippen LogP contribution in [0, 0.1) is 0 Å². The summed E-state index contributed by atoms with van der Waals surface area (Å²) in [5, 5.41) is 3.44. The molecule has 2 nitrogen and oxygen atoms in total. The Bertz CT molecular complexity index is 677. The molecule has 5 heteroatoms. The second-order valence-electron chi connectivity index (χ2n) is 3.84. The van der Waals surface area contributed by atoms with E-state index in [9.17, 15) is 4.79 Å². The quantitative estimate of drug-likeness (QED) is 0.752. The van der Waals surface area contributed by atoms with Crippen molar-refractivity contribution in [2.24, 2.45) is 0 Å². The minimum Gasteiger partial charge on any atom is -0.321 e. The van der Waals surface area contributed by atoms with Crippen LogP contribution in [0.2, 0.25) is 5.02 Å². The molecule has 2 aromatic rings. The lowest BCUT2D eigenvalue weighted by atomic mass is 10.1. The van der Waals surface area contributed by atoms with Crippen LogP contribution in [0.15, 0.2) is 34.1 Å². The highest BCUT2D eigenvalue weighted by Gasteiger charge is 2.24. The van der Waals surface area contributed by atoms with E-state index < -0.39 is 0 Å². The summed E-state index contributed by atoms with van der Waals surface area (Å²) in [7, 11) is 0. The molecule has 0 fully saturated rings. The Morgan fingerprint density at radius 2 is 2.11 bits per heavy atom. The van der Waals surface area contributed by atoms with Crippen molar-refractivity contribution < 1.29 is 4.79 Å². The van der Waals surface area contributed by atoms with E-state index in [1.165, 1.54) is 0 Å². The molecule has 0 spiro atoms. The number of rotatable bonds is 1. The third kappa shape index (κ3) is 2.11. The lowest BCUT2D eigenvalue weighted by Crippen LogP contribution is -2.03. The van der Waals surface area contributed by atoms with Crippen LogP contribution in [0.25, 0.3) is 11.6 Å². The summed E-state index contributed by atoms with van der Waals surface area (Å²) in [6.45, 7) is 0. The Balaban J connectivity index is 2.09. The van der Waals surface area contributed by atoms with Gasteiger partial charge in [0.15, 0.2) is 0 Å². The molecule has 0 aliphatic carbocycles. The van der Waals surface area contributed by atoms with E-state index in [0.29, 0.717) is 10.6 Å². The molecule has 0 saturated heterocycles. The highest BCUT2D eigenvalue weighted by Crippen LogP contribution is 2.36. The third-order valence-electron chi connectivity index (χ3n) is 2.65. The van der Waals surface area contributed by atoms with Crippen LogP contribution in [-0.2, 0) is 4.79 Å². The molecule has 1 aliphatic heterocycles. The van der Waals surface area contributed by atoms with Gasteiger partial charge in [0.2, 0.25) is 0 Å². The van der Waals surface area contributed by atoms with Gasteiger partial charge < -0.3 is 5.32 Å². The zero-order valence-corrected chi connectivity index (χ0v) is 12.2. The number of fused-ring (bicyclic) bond motifs is 1. The average molecular weight is 341 g/mol. The zero-order valence-electron chi connectivity index (χ0n) is 9.04. The summed E-state index contributed by atoms with van der Waals surface area (Å²) in [5.74, 6) is -0.0863. The fraction of sp³-hybridized carbons (Fsp3) is 0. The Kier molecular flexibility index (Phi) is 3.01. The van der Waals surface area contributed by atoms with Crippen LogP contribution >= 0.6 is 38.9 Å². The molecule has 0 atom stereocenters. The molecule has 18 heavy (non-hydrogen) atoms. The number of carbonyl (C=O) groups is 1. The summed E-state index contributed by atoms with van der Waals surface area (Å²) in [4.78, 5) is 13.0. The lowest BCUT2D eigenvalue weighted by molar-refractivity contribution is -0.110. The van der Waals surface area contributed by atoms with Gasteiger partial charge >= 0.3 is 0 Å². The van der Waals surface area contributed by atoms with Crippen LogP contribution in [0.5, 0.6) is 0 Å². The number of nitrogens with one attached hydrogen (secondary N) is 1. The summed E-state index contributed by atoms with van der Waals surface area (Å²) in [5.41, 5.74) is 2.35. The number of amides is 1. The predicted octanol–water partition coefficient (Wildman–Crippen LogP) is 4.66. The molecule has 0 radical (unpaired) electrons. The fourth-order valence-corrected chi connectivity index (χ4v) is 3.40. The summed E-state index contributed by atoms with van der Waals surface area (Å²) >= 11 is 10.9. The Morgan fingerprint density at radius 3 is 2.83 bits per heavy atom. The van der Waals surface area contributed by atoms with E-state index in [-0.39, 0.29) is 5.91 Å². The van der Waals surface area contributed by atoms with Crippen molar-refractivity contribution in [1.29, 1.82) is 0 Å². The van der Waals surface area contributed by atoms with E-state index in [1.54, 1.807) is 23.5 Å². The van der Waals surface area contributed by atoms with E-state index in [0.717, 1.165) is 19.9 Å². The molecule has 0 unspecified atom stereocenters. The van der Waals surface area contributed by atoms with Crippen molar-refractivity contribution in [3.05, 3.63) is 49.6 Å². The number of carbonyl (C=O) groups excluding carboxylic acids is 1. The molecule has 3 rings (SSSR count). The molecule has 2 heterocycles. The maximum absolute atomic E-state index is 11.9. The SMILES string of the molecule is O=C1Nc2cc(Cl)ccc2C1=Cc1ccc(Br)s1. The van der Waals surface area contributed by atoms with Gasteiger partial charge in [-0.3, -0.25) is 4.79 Å². The first-order chi connectivity index (χ1) is 8.63. The van der Waals surface area contributed by atoms with Gasteiger partial charge in [0, 0.05) is 15.5 Å². The van der Waals surface area contributed by atoms with E-state index >= 15 is 0 Å². The zero-order chi connectivity index (χ0) is 12.7. The Labute approximate surface area is 121 Å². The van der Waals surface area contributed by atoms with E-state index in [1.807, 2.05) is 24.3 Å². The minimum atomic E-state index is -0.0863. The van der Waals surface area contributed by atoms with Gasteiger partial charge in [-0.05, 0) is 46.3 Å². The second-order valence-corrected chi connectivity index (χ2v) is 6.77. The molecule has 1 amide bonds. The van der Waals surface area contributed by atoms with Gasteiger partial charge in [-0.2, -0.15) is 0 Å². The monoisotopic (exact) mass is 339 g/mol. The molecular weight excluding hydrogens is 334 g/mol. The molecule has 1 N–H and O–H groups in total. The first-order valence-corrected chi connectivity index (χ1v) is 7.20. The molecule has 90 valence electrons. The van der Waals surface area contributed by atoms with Crippen LogP contribution in [0.1, 0.15) is 10.4 Å². The first kappa shape index (κ1) is 12.0. The van der Waals surface area contributed by atoms with Gasteiger partial charge in [0.05, 0.1) is 15.0 Å². The second kappa shape index (κ2) is 4.53. The number of hydrogen-bond acceptors (Lipinski definition) is 2. The van der Waals surface area contributed by atoms with Crippen molar-refractivity contribution in [2.45, 2.75) is 0 Å². The van der Waals surface area contributed by atoms with Crippen molar-refractivity contribution in [3.8, 4) is 0 Å². The maximum Gasteiger partial charge on any atom is 0.256 e. The molecule has 1 aliphatic rings. The summed E-state index contributed by atoms with van der Waals surface area (Å²) in [6, 6.07) is 9.36. The summed E-state index contributed by atoms with van der Waals surface area (Å²) in [6.07, 6.45) is 1.89. The van der Waals surface area contributed by atoms with Gasteiger partial charge in [-0.25, -0.2) is 0 Å². The van der Waals surface area contributed by atoms with Gasteiger partial charge in [-0.1, -0.05) is 17.7 Å². The number of anilines is 1. The van der Waals surface area contributed by atoms with Crippen molar-refractivity contribution in [3.63, 3.8) is 0 Å². The molecule has 1 aromatic heterocycles. The number of benzene rings is 1. The average Bonchev–Trinajstić information content (AvgIpc) is 2.84. The number of halogens is 2. The van der Waals surface area contributed by atoms with Crippen LogP contribution in [-0.4, -0.2) is 5.91 Å². The fourth-order valence-electron chi connectivity index (χ4n) is 1.86. The minimum absolute atomic E-state index is 0.0863. The number of hydrogen-bond donors (Lipinski definition) is 1. The highest BCUT2D eigenvalue weighted by molar-refractivity contribution is 9.11. The topological polar surface area (TPSA) is 29.1 Å². The predicted molar refractivity (Wildman–Crippen MR) is 80.0 cm³/mol. The standard InChI is InChI=1S/C13H7BrClNOS/c14-12-4-2-8(18-12)6-10-9-3-1-7(15)5-11(9)16-13(10)17/h1-6H,(H,16,17). The normalized spacial score (nSPS) is 15.9. The number of thiophene rings is 1. The first-order valence-electron chi connectivity index (χ1n) is 5.22.